The van der Waals surface area contributed by atoms with Crippen LogP contribution in [0.5, 0.6) is 5.75 Å². The van der Waals surface area contributed by atoms with Crippen LogP contribution in [-0.4, -0.2) is 55.5 Å². The van der Waals surface area contributed by atoms with Crippen LogP contribution in [-0.2, 0) is 12.7 Å². The third-order valence-electron chi connectivity index (χ3n) is 7.18. The summed E-state index contributed by atoms with van der Waals surface area (Å²) in [5.41, 5.74) is 0.816. The molecule has 0 unspecified atom stereocenters. The Morgan fingerprint density at radius 2 is 1.70 bits per heavy atom. The van der Waals surface area contributed by atoms with E-state index in [1.165, 1.54) is 13.2 Å². The van der Waals surface area contributed by atoms with Gasteiger partial charge < -0.3 is 24.8 Å². The molecule has 1 saturated carbocycles. The lowest BCUT2D eigenvalue weighted by molar-refractivity contribution is -0.140. The Morgan fingerprint density at radius 3 is 2.33 bits per heavy atom. The molecule has 0 saturated heterocycles. The van der Waals surface area contributed by atoms with E-state index in [-0.39, 0.29) is 29.7 Å². The molecule has 1 heterocycles. The lowest BCUT2D eigenvalue weighted by atomic mass is 9.90. The largest absolute Gasteiger partial charge is 0.495 e. The van der Waals surface area contributed by atoms with Crippen molar-refractivity contribution >= 4 is 22.3 Å². The Morgan fingerprint density at radius 1 is 0.975 bits per heavy atom. The Hall–Kier alpha value is -3.52. The zero-order valence-corrected chi connectivity index (χ0v) is 22.5. The maximum absolute atomic E-state index is 13.5. The monoisotopic (exact) mass is 566 g/mol. The average molecular weight is 567 g/mol. The Labute approximate surface area is 229 Å². The minimum Gasteiger partial charge on any atom is -0.495 e. The lowest BCUT2D eigenvalue weighted by Crippen LogP contribution is -2.36. The number of methoxy groups -OCH3 is 1. The average Bonchev–Trinajstić information content (AvgIpc) is 3.23. The van der Waals surface area contributed by atoms with Gasteiger partial charge in [0.25, 0.3) is 0 Å². The van der Waals surface area contributed by atoms with E-state index in [1.807, 2.05) is 6.07 Å². The first-order chi connectivity index (χ1) is 18.9. The first kappa shape index (κ1) is 29.5. The van der Waals surface area contributed by atoms with E-state index in [0.717, 1.165) is 48.1 Å². The number of nitrogens with zero attached hydrogens (tertiary/aromatic N) is 2. The third-order valence-corrected chi connectivity index (χ3v) is 7.18. The quantitative estimate of drug-likeness (QED) is 0.239. The summed E-state index contributed by atoms with van der Waals surface area (Å²) in [6.07, 6.45) is -4.95. The van der Waals surface area contributed by atoms with Crippen LogP contribution in [0.1, 0.15) is 36.9 Å². The summed E-state index contributed by atoms with van der Waals surface area (Å²) in [6.45, 7) is -1.21. The molecule has 0 bridgehead atoms. The second kappa shape index (κ2) is 11.9. The Kier molecular flexibility index (Phi) is 8.78. The number of hydrogen-bond acceptors (Lipinski definition) is 4. The van der Waals surface area contributed by atoms with Crippen molar-refractivity contribution in [3.8, 4) is 17.6 Å². The highest BCUT2D eigenvalue weighted by Gasteiger charge is 2.32. The van der Waals surface area contributed by atoms with Crippen LogP contribution in [0.3, 0.4) is 0 Å². The van der Waals surface area contributed by atoms with Crippen LogP contribution in [0.4, 0.5) is 37.7 Å². The molecular weight excluding hydrogens is 534 g/mol. The van der Waals surface area contributed by atoms with Gasteiger partial charge >= 0.3 is 12.4 Å². The topological polar surface area (TPSA) is 41.5 Å². The van der Waals surface area contributed by atoms with E-state index >= 15 is 0 Å². The predicted octanol–water partition coefficient (Wildman–Crippen LogP) is 6.98. The molecule has 1 aliphatic rings. The Bertz CT molecular complexity index is 1380. The fraction of sp³-hybridized carbons (Fsp3) is 0.448. The van der Waals surface area contributed by atoms with Crippen molar-refractivity contribution in [1.29, 1.82) is 0 Å². The fourth-order valence-corrected chi connectivity index (χ4v) is 5.11. The third kappa shape index (κ3) is 7.16. The molecule has 1 aromatic heterocycles. The zero-order chi connectivity index (χ0) is 29.1. The van der Waals surface area contributed by atoms with Gasteiger partial charge in [-0.25, -0.2) is 0 Å². The highest BCUT2D eigenvalue weighted by Crippen LogP contribution is 2.35. The number of hydrogen-bond donors (Lipinski definition) is 2. The molecule has 11 heteroatoms. The summed E-state index contributed by atoms with van der Waals surface area (Å²) < 4.78 is 85.7. The number of rotatable bonds is 7. The van der Waals surface area contributed by atoms with Crippen LogP contribution < -0.4 is 15.4 Å². The van der Waals surface area contributed by atoms with Gasteiger partial charge in [-0.2, -0.15) is 26.3 Å². The summed E-state index contributed by atoms with van der Waals surface area (Å²) in [7, 11) is 5.39. The van der Waals surface area contributed by atoms with Gasteiger partial charge in [0.2, 0.25) is 0 Å². The summed E-state index contributed by atoms with van der Waals surface area (Å²) in [5.74, 6) is 5.60. The zero-order valence-electron chi connectivity index (χ0n) is 22.5. The molecular formula is C29H32F6N4O. The van der Waals surface area contributed by atoms with Gasteiger partial charge in [0, 0.05) is 23.2 Å². The molecule has 2 N–H and O–H groups in total. The summed E-state index contributed by atoms with van der Waals surface area (Å²) in [5, 5.41) is 7.07. The fourth-order valence-electron chi connectivity index (χ4n) is 5.11. The number of anilines is 2. The minimum absolute atomic E-state index is 0.0156. The second-order valence-electron chi connectivity index (χ2n) is 10.2. The van der Waals surface area contributed by atoms with E-state index in [4.69, 9.17) is 4.74 Å². The Balaban J connectivity index is 1.56. The number of benzene rings is 2. The first-order valence-electron chi connectivity index (χ1n) is 13.0. The normalized spacial score (nSPS) is 17.9. The van der Waals surface area contributed by atoms with Crippen molar-refractivity contribution in [1.82, 2.24) is 9.47 Å². The molecule has 40 heavy (non-hydrogen) atoms. The van der Waals surface area contributed by atoms with Crippen LogP contribution in [0.15, 0.2) is 42.5 Å². The molecule has 2 aromatic carbocycles. The van der Waals surface area contributed by atoms with Crippen molar-refractivity contribution in [3.63, 3.8) is 0 Å². The van der Waals surface area contributed by atoms with Crippen LogP contribution >= 0.6 is 0 Å². The molecule has 1 fully saturated rings. The highest BCUT2D eigenvalue weighted by atomic mass is 19.4. The van der Waals surface area contributed by atoms with Crippen molar-refractivity contribution < 1.29 is 31.1 Å². The molecule has 216 valence electrons. The highest BCUT2D eigenvalue weighted by molar-refractivity contribution is 5.94. The molecule has 3 aromatic rings. The molecule has 5 nitrogen and oxygen atoms in total. The summed E-state index contributed by atoms with van der Waals surface area (Å²) >= 11 is 0. The van der Waals surface area contributed by atoms with E-state index in [9.17, 15) is 26.3 Å². The first-order valence-corrected chi connectivity index (χ1v) is 13.0. The van der Waals surface area contributed by atoms with E-state index in [2.05, 4.69) is 41.5 Å². The number of ether oxygens (including phenoxy) is 1. The standard InChI is InChI=1S/C29H32F6N4O/c1-38(2)21-12-10-20(11-13-21)37-24-7-4-8-26-23(24)17-22(39(26)18-28(30,31)32)6-5-15-36-25-14-9-19(29(33,34)35)16-27(25)40-3/h4,7-9,14,16-17,20-21,36-37H,10-13,15,18H2,1-3H3/t20-,21+. The minimum atomic E-state index is -4.52. The number of aromatic nitrogens is 1. The van der Waals surface area contributed by atoms with Gasteiger partial charge in [-0.05, 0) is 82.1 Å². The maximum Gasteiger partial charge on any atom is 0.416 e. The molecule has 0 amide bonds. The molecule has 0 spiro atoms. The van der Waals surface area contributed by atoms with Gasteiger partial charge in [0.15, 0.2) is 0 Å². The SMILES string of the molecule is COc1cc(C(F)(F)F)ccc1NCC#Cc1cc2c(N[C@H]3CC[C@@H](N(C)C)CC3)cccc2n1CC(F)(F)F. The molecule has 0 atom stereocenters. The second-order valence-corrected chi connectivity index (χ2v) is 10.2. The van der Waals surface area contributed by atoms with Crippen molar-refractivity contribution in [2.24, 2.45) is 0 Å². The van der Waals surface area contributed by atoms with E-state index < -0.39 is 24.5 Å². The van der Waals surface area contributed by atoms with Crippen molar-refractivity contribution in [2.75, 3.05) is 38.4 Å². The number of nitrogens with one attached hydrogen (secondary N) is 2. The lowest BCUT2D eigenvalue weighted by Gasteiger charge is -2.33. The van der Waals surface area contributed by atoms with Gasteiger partial charge in [0.05, 0.1) is 36.1 Å². The number of fused-ring (bicyclic) bond motifs is 1. The van der Waals surface area contributed by atoms with Gasteiger partial charge in [-0.15, -0.1) is 0 Å². The molecule has 1 aliphatic carbocycles. The molecule has 4 rings (SSSR count). The van der Waals surface area contributed by atoms with Crippen molar-refractivity contribution in [3.05, 3.63) is 53.7 Å². The van der Waals surface area contributed by atoms with E-state index in [1.54, 1.807) is 18.2 Å². The summed E-state index contributed by atoms with van der Waals surface area (Å²) in [6, 6.07) is 10.7. The van der Waals surface area contributed by atoms with Crippen LogP contribution in [0.25, 0.3) is 10.9 Å². The van der Waals surface area contributed by atoms with Gasteiger partial charge in [-0.1, -0.05) is 12.0 Å². The maximum atomic E-state index is 13.5. The predicted molar refractivity (Wildman–Crippen MR) is 145 cm³/mol. The smallest absolute Gasteiger partial charge is 0.416 e. The van der Waals surface area contributed by atoms with Gasteiger partial charge in [0.1, 0.15) is 12.3 Å². The summed E-state index contributed by atoms with van der Waals surface area (Å²) in [4.78, 5) is 2.22. The molecule has 0 aliphatic heterocycles. The number of alkyl halides is 6. The van der Waals surface area contributed by atoms with Crippen LogP contribution in [0, 0.1) is 11.8 Å². The number of halogens is 6. The van der Waals surface area contributed by atoms with Crippen LogP contribution in [0.2, 0.25) is 0 Å². The van der Waals surface area contributed by atoms with Crippen molar-refractivity contribution in [2.45, 2.75) is 56.7 Å². The van der Waals surface area contributed by atoms with Gasteiger partial charge in [-0.3, -0.25) is 0 Å². The molecule has 0 radical (unpaired) electrons. The van der Waals surface area contributed by atoms with E-state index in [0.29, 0.717) is 16.9 Å².